The van der Waals surface area contributed by atoms with Crippen LogP contribution in [0.2, 0.25) is 0 Å². The van der Waals surface area contributed by atoms with Crippen LogP contribution in [0.5, 0.6) is 0 Å². The van der Waals surface area contributed by atoms with Crippen molar-refractivity contribution in [2.24, 2.45) is 23.7 Å². The van der Waals surface area contributed by atoms with E-state index in [1.807, 2.05) is 0 Å². The zero-order valence-corrected chi connectivity index (χ0v) is 13.2. The molecular weight excluding hydrogens is 216 g/mol. The van der Waals surface area contributed by atoms with Gasteiger partial charge in [0.15, 0.2) is 0 Å². The van der Waals surface area contributed by atoms with E-state index in [0.29, 0.717) is 0 Å². The summed E-state index contributed by atoms with van der Waals surface area (Å²) >= 11 is 0. The molecule has 1 saturated carbocycles. The van der Waals surface area contributed by atoms with E-state index in [1.54, 1.807) is 0 Å². The van der Waals surface area contributed by atoms with Crippen LogP contribution in [-0.4, -0.2) is 0 Å². The van der Waals surface area contributed by atoms with Crippen LogP contribution in [0.15, 0.2) is 12.2 Å². The first kappa shape index (κ1) is 15.8. The third-order valence-electron chi connectivity index (χ3n) is 5.29. The zero-order chi connectivity index (χ0) is 13.5. The lowest BCUT2D eigenvalue weighted by Crippen LogP contribution is -2.26. The molecule has 0 aromatic carbocycles. The predicted molar refractivity (Wildman–Crippen MR) is 82.7 cm³/mol. The fourth-order valence-electron chi connectivity index (χ4n) is 3.79. The van der Waals surface area contributed by atoms with E-state index in [4.69, 9.17) is 0 Å². The molecule has 0 spiro atoms. The highest BCUT2D eigenvalue weighted by molar-refractivity contribution is 5.01. The van der Waals surface area contributed by atoms with Gasteiger partial charge in [-0.15, -0.1) is 0 Å². The number of hydrogen-bond donors (Lipinski definition) is 0. The Bertz CT molecular complexity index is 240. The van der Waals surface area contributed by atoms with Gasteiger partial charge in [0.05, 0.1) is 0 Å². The van der Waals surface area contributed by atoms with Crippen molar-refractivity contribution in [3.63, 3.8) is 0 Å². The summed E-state index contributed by atoms with van der Waals surface area (Å²) in [4.78, 5) is 0. The van der Waals surface area contributed by atoms with Gasteiger partial charge in [0.2, 0.25) is 0 Å². The summed E-state index contributed by atoms with van der Waals surface area (Å²) in [7, 11) is 0. The second kappa shape index (κ2) is 8.02. The van der Waals surface area contributed by atoms with Crippen molar-refractivity contribution >= 4 is 0 Å². The molecule has 106 valence electrons. The summed E-state index contributed by atoms with van der Waals surface area (Å²) in [6.07, 6.45) is 11.3. The van der Waals surface area contributed by atoms with Gasteiger partial charge < -0.3 is 0 Å². The second-order valence-corrected chi connectivity index (χ2v) is 6.73. The van der Waals surface area contributed by atoms with E-state index >= 15 is 0 Å². The average Bonchev–Trinajstić information content (AvgIpc) is 2.60. The van der Waals surface area contributed by atoms with Gasteiger partial charge in [-0.25, -0.2) is 0 Å². The largest absolute Gasteiger partial charge is 0.0999 e. The minimum Gasteiger partial charge on any atom is -0.0999 e. The fraction of sp³-hybridized carbons (Fsp3) is 0.889. The lowest BCUT2D eigenvalue weighted by atomic mass is 9.71. The molecule has 0 bridgehead atoms. The normalized spacial score (nSPS) is 28.4. The zero-order valence-electron chi connectivity index (χ0n) is 13.2. The Morgan fingerprint density at radius 1 is 1.17 bits per heavy atom. The van der Waals surface area contributed by atoms with Crippen molar-refractivity contribution in [2.45, 2.75) is 79.1 Å². The van der Waals surface area contributed by atoms with Gasteiger partial charge in [0.25, 0.3) is 0 Å². The molecule has 1 rings (SSSR count). The van der Waals surface area contributed by atoms with E-state index in [-0.39, 0.29) is 0 Å². The molecule has 0 nitrogen and oxygen atoms in total. The maximum absolute atomic E-state index is 4.27. The molecule has 0 saturated heterocycles. The molecule has 0 aromatic rings. The summed E-state index contributed by atoms with van der Waals surface area (Å²) < 4.78 is 0. The van der Waals surface area contributed by atoms with Gasteiger partial charge in [-0.3, -0.25) is 0 Å². The molecular formula is C18H34. The van der Waals surface area contributed by atoms with Crippen LogP contribution in [0.3, 0.4) is 0 Å². The van der Waals surface area contributed by atoms with Gasteiger partial charge in [-0.1, -0.05) is 71.4 Å². The van der Waals surface area contributed by atoms with Gasteiger partial charge in [0, 0.05) is 0 Å². The van der Waals surface area contributed by atoms with Gasteiger partial charge >= 0.3 is 0 Å². The Morgan fingerprint density at radius 3 is 2.44 bits per heavy atom. The third kappa shape index (κ3) is 4.44. The molecule has 0 radical (unpaired) electrons. The SMILES string of the molecule is C=C(C)C1CCCCCC1C(C)C(C)CCCC. The average molecular weight is 250 g/mol. The molecule has 4 atom stereocenters. The highest BCUT2D eigenvalue weighted by Gasteiger charge is 2.30. The van der Waals surface area contributed by atoms with Crippen LogP contribution in [0.25, 0.3) is 0 Å². The Hall–Kier alpha value is -0.260. The van der Waals surface area contributed by atoms with Crippen molar-refractivity contribution in [3.05, 3.63) is 12.2 Å². The monoisotopic (exact) mass is 250 g/mol. The molecule has 0 heterocycles. The molecule has 18 heavy (non-hydrogen) atoms. The van der Waals surface area contributed by atoms with Crippen LogP contribution >= 0.6 is 0 Å². The highest BCUT2D eigenvalue weighted by Crippen LogP contribution is 2.41. The van der Waals surface area contributed by atoms with E-state index in [1.165, 1.54) is 56.9 Å². The Balaban J connectivity index is 2.65. The van der Waals surface area contributed by atoms with Crippen molar-refractivity contribution < 1.29 is 0 Å². The molecule has 0 amide bonds. The highest BCUT2D eigenvalue weighted by atomic mass is 14.4. The van der Waals surface area contributed by atoms with Gasteiger partial charge in [-0.2, -0.15) is 0 Å². The van der Waals surface area contributed by atoms with E-state index in [2.05, 4.69) is 34.3 Å². The van der Waals surface area contributed by atoms with E-state index in [9.17, 15) is 0 Å². The second-order valence-electron chi connectivity index (χ2n) is 6.73. The number of unbranched alkanes of at least 4 members (excludes halogenated alkanes) is 1. The quantitative estimate of drug-likeness (QED) is 0.387. The first-order chi connectivity index (χ1) is 8.57. The topological polar surface area (TPSA) is 0 Å². The lowest BCUT2D eigenvalue weighted by Gasteiger charge is -2.34. The van der Waals surface area contributed by atoms with Crippen LogP contribution in [0.4, 0.5) is 0 Å². The Morgan fingerprint density at radius 2 is 1.83 bits per heavy atom. The Kier molecular flexibility index (Phi) is 7.04. The molecule has 1 fully saturated rings. The van der Waals surface area contributed by atoms with Crippen LogP contribution in [-0.2, 0) is 0 Å². The first-order valence-electron chi connectivity index (χ1n) is 8.23. The van der Waals surface area contributed by atoms with Crippen molar-refractivity contribution in [3.8, 4) is 0 Å². The standard InChI is InChI=1S/C18H34/c1-6-7-11-15(4)16(5)18-13-10-8-9-12-17(18)14(2)3/h15-18H,2,6-13H2,1,3-5H3. The maximum atomic E-state index is 4.27. The summed E-state index contributed by atoms with van der Waals surface area (Å²) in [6, 6.07) is 0. The number of allylic oxidation sites excluding steroid dienone is 1. The number of hydrogen-bond acceptors (Lipinski definition) is 0. The van der Waals surface area contributed by atoms with Crippen LogP contribution < -0.4 is 0 Å². The van der Waals surface area contributed by atoms with E-state index in [0.717, 1.165) is 23.7 Å². The van der Waals surface area contributed by atoms with E-state index < -0.39 is 0 Å². The lowest BCUT2D eigenvalue weighted by molar-refractivity contribution is 0.184. The van der Waals surface area contributed by atoms with Gasteiger partial charge in [-0.05, 0) is 43.4 Å². The summed E-state index contributed by atoms with van der Waals surface area (Å²) in [5, 5.41) is 0. The van der Waals surface area contributed by atoms with Gasteiger partial charge in [0.1, 0.15) is 0 Å². The molecule has 1 aliphatic carbocycles. The summed E-state index contributed by atoms with van der Waals surface area (Å²) in [6.45, 7) is 13.8. The fourth-order valence-corrected chi connectivity index (χ4v) is 3.79. The van der Waals surface area contributed by atoms with Crippen molar-refractivity contribution in [1.82, 2.24) is 0 Å². The molecule has 1 aliphatic rings. The smallest absolute Gasteiger partial charge is 0.0178 e. The van der Waals surface area contributed by atoms with Crippen LogP contribution in [0, 0.1) is 23.7 Å². The maximum Gasteiger partial charge on any atom is -0.0178 e. The molecule has 0 aromatic heterocycles. The first-order valence-corrected chi connectivity index (χ1v) is 8.23. The van der Waals surface area contributed by atoms with Crippen molar-refractivity contribution in [2.75, 3.05) is 0 Å². The number of rotatable bonds is 6. The predicted octanol–water partition coefficient (Wildman–Crippen LogP) is 6.22. The minimum absolute atomic E-state index is 0.798. The van der Waals surface area contributed by atoms with Crippen molar-refractivity contribution in [1.29, 1.82) is 0 Å². The molecule has 0 N–H and O–H groups in total. The Labute approximate surface area is 115 Å². The summed E-state index contributed by atoms with van der Waals surface area (Å²) in [5.41, 5.74) is 1.44. The third-order valence-corrected chi connectivity index (χ3v) is 5.29. The molecule has 4 unspecified atom stereocenters. The molecule has 0 aliphatic heterocycles. The molecule has 0 heteroatoms. The summed E-state index contributed by atoms with van der Waals surface area (Å²) in [5.74, 6) is 3.45. The minimum atomic E-state index is 0.798. The van der Waals surface area contributed by atoms with Crippen LogP contribution in [0.1, 0.15) is 79.1 Å².